The maximum Gasteiger partial charge on any atom is 0.296 e. The highest BCUT2D eigenvalue weighted by atomic mass is 35.7. The molecule has 0 heterocycles. The summed E-state index contributed by atoms with van der Waals surface area (Å²) in [7, 11) is -2.21. The van der Waals surface area contributed by atoms with Gasteiger partial charge in [-0.15, -0.1) is 0 Å². The van der Waals surface area contributed by atoms with Crippen LogP contribution in [0.5, 0.6) is 0 Å². The van der Waals surface area contributed by atoms with E-state index in [-0.39, 0.29) is 10.6 Å². The van der Waals surface area contributed by atoms with Crippen molar-refractivity contribution in [3.8, 4) is 0 Å². The monoisotopic (exact) mass is 435 g/mol. The maximum absolute atomic E-state index is 12.7. The summed E-state index contributed by atoms with van der Waals surface area (Å²) in [4.78, 5) is 19.0. The van der Waals surface area contributed by atoms with E-state index in [0.29, 0.717) is 10.4 Å². The molecule has 0 bridgehead atoms. The number of hydrogen-bond donors (Lipinski definition) is 0. The Bertz CT molecular complexity index is 1130. The minimum absolute atomic E-state index is 0.00767. The van der Waals surface area contributed by atoms with Gasteiger partial charge in [-0.3, -0.25) is 24.5 Å². The molecule has 0 aliphatic rings. The number of hydrogen-bond acceptors (Lipinski definition) is 8. The normalized spacial score (nSPS) is 11.8. The van der Waals surface area contributed by atoms with Crippen molar-refractivity contribution in [1.29, 1.82) is 0 Å². The average Bonchev–Trinajstić information content (AvgIpc) is 2.59. The Kier molecular flexibility index (Phi) is 5.40. The van der Waals surface area contributed by atoms with Gasteiger partial charge in [-0.05, 0) is 30.3 Å². The molecule has 2 rings (SSSR count). The standard InChI is InChI=1S/C13H10ClN3O8S2/c1-15(9-2-5-11(6-3-9)26(14,22)23)27(24,25)13-7-4-10(16(18)19)8-12(13)17(20)21/h2-8H,1H3. The van der Waals surface area contributed by atoms with Gasteiger partial charge < -0.3 is 0 Å². The molecule has 27 heavy (non-hydrogen) atoms. The molecular weight excluding hydrogens is 426 g/mol. The number of anilines is 1. The van der Waals surface area contributed by atoms with Crippen molar-refractivity contribution in [2.75, 3.05) is 11.4 Å². The molecule has 2 aromatic rings. The molecule has 0 aromatic heterocycles. The van der Waals surface area contributed by atoms with E-state index in [1.54, 1.807) is 0 Å². The molecule has 0 amide bonds. The van der Waals surface area contributed by atoms with Crippen LogP contribution in [-0.2, 0) is 19.1 Å². The van der Waals surface area contributed by atoms with E-state index in [4.69, 9.17) is 10.7 Å². The third-order valence-electron chi connectivity index (χ3n) is 3.47. The lowest BCUT2D eigenvalue weighted by atomic mass is 10.3. The Morgan fingerprint density at radius 3 is 1.93 bits per heavy atom. The second kappa shape index (κ2) is 7.09. The highest BCUT2D eigenvalue weighted by Gasteiger charge is 2.32. The third-order valence-corrected chi connectivity index (χ3v) is 6.67. The minimum atomic E-state index is -4.47. The first kappa shape index (κ1) is 20.5. The first-order valence-electron chi connectivity index (χ1n) is 6.82. The van der Waals surface area contributed by atoms with Gasteiger partial charge in [-0.2, -0.15) is 0 Å². The van der Waals surface area contributed by atoms with Crippen molar-refractivity contribution in [2.24, 2.45) is 0 Å². The number of nitro groups is 2. The highest BCUT2D eigenvalue weighted by molar-refractivity contribution is 8.13. The number of halogens is 1. The van der Waals surface area contributed by atoms with Crippen LogP contribution in [0.4, 0.5) is 17.1 Å². The first-order valence-corrected chi connectivity index (χ1v) is 10.6. The lowest BCUT2D eigenvalue weighted by molar-refractivity contribution is -0.396. The molecular formula is C13H10ClN3O8S2. The Balaban J connectivity index is 2.55. The van der Waals surface area contributed by atoms with E-state index in [2.05, 4.69) is 0 Å². The van der Waals surface area contributed by atoms with Crippen LogP contribution in [0.25, 0.3) is 0 Å². The summed E-state index contributed by atoms with van der Waals surface area (Å²) >= 11 is 0. The van der Waals surface area contributed by atoms with Crippen LogP contribution in [-0.4, -0.2) is 33.7 Å². The summed E-state index contributed by atoms with van der Waals surface area (Å²) in [6.45, 7) is 0. The number of non-ortho nitro benzene ring substituents is 1. The zero-order valence-corrected chi connectivity index (χ0v) is 15.7. The zero-order valence-electron chi connectivity index (χ0n) is 13.3. The summed E-state index contributed by atoms with van der Waals surface area (Å²) in [6.07, 6.45) is 0. The smallest absolute Gasteiger partial charge is 0.269 e. The van der Waals surface area contributed by atoms with Gasteiger partial charge in [0.25, 0.3) is 30.4 Å². The van der Waals surface area contributed by atoms with E-state index in [1.807, 2.05) is 0 Å². The molecule has 0 fully saturated rings. The molecule has 0 spiro atoms. The van der Waals surface area contributed by atoms with E-state index < -0.39 is 45.2 Å². The van der Waals surface area contributed by atoms with Crippen molar-refractivity contribution < 1.29 is 26.7 Å². The molecule has 0 radical (unpaired) electrons. The fourth-order valence-corrected chi connectivity index (χ4v) is 4.19. The predicted molar refractivity (Wildman–Crippen MR) is 94.8 cm³/mol. The van der Waals surface area contributed by atoms with Crippen molar-refractivity contribution in [2.45, 2.75) is 9.79 Å². The predicted octanol–water partition coefficient (Wildman–Crippen LogP) is 2.26. The summed E-state index contributed by atoms with van der Waals surface area (Å²) < 4.78 is 48.6. The second-order valence-electron chi connectivity index (χ2n) is 5.07. The van der Waals surface area contributed by atoms with Crippen LogP contribution in [0, 0.1) is 20.2 Å². The Labute approximate surface area is 157 Å². The molecule has 11 nitrogen and oxygen atoms in total. The van der Waals surface area contributed by atoms with E-state index in [9.17, 15) is 37.1 Å². The van der Waals surface area contributed by atoms with Crippen molar-refractivity contribution in [3.05, 3.63) is 62.7 Å². The quantitative estimate of drug-likeness (QED) is 0.379. The number of sulfonamides is 1. The zero-order chi connectivity index (χ0) is 20.6. The van der Waals surface area contributed by atoms with Gasteiger partial charge >= 0.3 is 0 Å². The highest BCUT2D eigenvalue weighted by Crippen LogP contribution is 2.32. The molecule has 0 N–H and O–H groups in total. The van der Waals surface area contributed by atoms with E-state index >= 15 is 0 Å². The number of benzene rings is 2. The Morgan fingerprint density at radius 2 is 1.48 bits per heavy atom. The van der Waals surface area contributed by atoms with Crippen LogP contribution in [0.15, 0.2) is 52.3 Å². The van der Waals surface area contributed by atoms with Gasteiger partial charge in [-0.1, -0.05) is 0 Å². The molecule has 0 atom stereocenters. The van der Waals surface area contributed by atoms with Gasteiger partial charge in [0.05, 0.1) is 26.5 Å². The van der Waals surface area contributed by atoms with Gasteiger partial charge in [0.15, 0.2) is 4.90 Å². The molecule has 144 valence electrons. The van der Waals surface area contributed by atoms with Gasteiger partial charge in [-0.25, -0.2) is 16.8 Å². The minimum Gasteiger partial charge on any atom is -0.269 e. The number of nitro benzene ring substituents is 2. The summed E-state index contributed by atoms with van der Waals surface area (Å²) in [6, 6.07) is 6.55. The summed E-state index contributed by atoms with van der Waals surface area (Å²) in [5, 5.41) is 21.9. The lowest BCUT2D eigenvalue weighted by Gasteiger charge is -2.19. The fourth-order valence-electron chi connectivity index (χ4n) is 2.09. The van der Waals surface area contributed by atoms with Crippen molar-refractivity contribution >= 4 is 46.8 Å². The Morgan fingerprint density at radius 1 is 0.926 bits per heavy atom. The van der Waals surface area contributed by atoms with Gasteiger partial charge in [0.1, 0.15) is 0 Å². The van der Waals surface area contributed by atoms with Crippen LogP contribution in [0.3, 0.4) is 0 Å². The first-order chi connectivity index (χ1) is 12.4. The topological polar surface area (TPSA) is 158 Å². The maximum atomic E-state index is 12.7. The van der Waals surface area contributed by atoms with Gasteiger partial charge in [0.2, 0.25) is 0 Å². The number of nitrogens with zero attached hydrogens (tertiary/aromatic N) is 3. The number of rotatable bonds is 6. The van der Waals surface area contributed by atoms with Crippen LogP contribution in [0.1, 0.15) is 0 Å². The molecule has 0 aliphatic heterocycles. The van der Waals surface area contributed by atoms with E-state index in [0.717, 1.165) is 43.4 Å². The SMILES string of the molecule is CN(c1ccc(S(=O)(=O)Cl)cc1)S(=O)(=O)c1ccc([N+](=O)[O-])cc1[N+](=O)[O-]. The molecule has 0 saturated heterocycles. The van der Waals surface area contributed by atoms with Crippen molar-refractivity contribution in [3.63, 3.8) is 0 Å². The summed E-state index contributed by atoms with van der Waals surface area (Å²) in [5.41, 5.74) is -1.61. The van der Waals surface area contributed by atoms with Crippen LogP contribution < -0.4 is 4.31 Å². The second-order valence-corrected chi connectivity index (χ2v) is 9.57. The van der Waals surface area contributed by atoms with E-state index in [1.165, 1.54) is 0 Å². The molecule has 2 aromatic carbocycles. The molecule has 14 heteroatoms. The lowest BCUT2D eigenvalue weighted by Crippen LogP contribution is -2.27. The van der Waals surface area contributed by atoms with Gasteiger partial charge in [0, 0.05) is 23.8 Å². The van der Waals surface area contributed by atoms with Crippen molar-refractivity contribution in [1.82, 2.24) is 0 Å². The molecule has 0 saturated carbocycles. The summed E-state index contributed by atoms with van der Waals surface area (Å²) in [5.74, 6) is 0. The Hall–Kier alpha value is -2.77. The molecule has 0 aliphatic carbocycles. The van der Waals surface area contributed by atoms with Crippen LogP contribution >= 0.6 is 10.7 Å². The van der Waals surface area contributed by atoms with Crippen LogP contribution in [0.2, 0.25) is 0 Å². The average molecular weight is 436 g/mol. The largest absolute Gasteiger partial charge is 0.296 e. The third kappa shape index (κ3) is 4.15. The molecule has 0 unspecified atom stereocenters. The fraction of sp³-hybridized carbons (Fsp3) is 0.0769.